The van der Waals surface area contributed by atoms with E-state index in [0.29, 0.717) is 0 Å². The summed E-state index contributed by atoms with van der Waals surface area (Å²) in [6.07, 6.45) is 0. The summed E-state index contributed by atoms with van der Waals surface area (Å²) >= 11 is 0. The van der Waals surface area contributed by atoms with E-state index in [-0.39, 0.29) is 18.0 Å². The number of para-hydroxylation sites is 1. The third-order valence-corrected chi connectivity index (χ3v) is 2.22. The number of aromatic nitrogens is 1. The molecule has 0 spiro atoms. The van der Waals surface area contributed by atoms with Crippen LogP contribution in [-0.4, -0.2) is 17.7 Å². The van der Waals surface area contributed by atoms with Crippen LogP contribution in [0, 0.1) is 0 Å². The van der Waals surface area contributed by atoms with Crippen LogP contribution in [0.25, 0.3) is 0 Å². The van der Waals surface area contributed by atoms with Crippen LogP contribution in [0.15, 0.2) is 39.6 Å². The molecule has 1 aromatic carbocycles. The molecule has 0 amide bonds. The van der Waals surface area contributed by atoms with Gasteiger partial charge in [-0.05, 0) is 19.1 Å². The lowest BCUT2D eigenvalue weighted by Crippen LogP contribution is -2.14. The number of hydrogen-bond acceptors (Lipinski definition) is 5. The first-order valence-electron chi connectivity index (χ1n) is 5.43. The van der Waals surface area contributed by atoms with E-state index in [1.165, 1.54) is 0 Å². The van der Waals surface area contributed by atoms with Crippen molar-refractivity contribution in [1.82, 2.24) is 5.16 Å². The number of esters is 1. The average Bonchev–Trinajstić information content (AvgIpc) is 2.72. The van der Waals surface area contributed by atoms with Crippen molar-refractivity contribution >= 4 is 17.5 Å². The van der Waals surface area contributed by atoms with Crippen molar-refractivity contribution in [3.05, 3.63) is 46.3 Å². The Hall–Kier alpha value is -2.50. The van der Waals surface area contributed by atoms with E-state index in [1.54, 1.807) is 19.1 Å². The summed E-state index contributed by atoms with van der Waals surface area (Å²) in [6.45, 7) is 1.85. The predicted octanol–water partition coefficient (Wildman–Crippen LogP) is 1.89. The Kier molecular flexibility index (Phi) is 3.47. The number of aromatic amines is 1. The van der Waals surface area contributed by atoms with Gasteiger partial charge in [0.1, 0.15) is 0 Å². The molecule has 0 unspecified atom stereocenters. The van der Waals surface area contributed by atoms with E-state index in [2.05, 4.69) is 15.0 Å². The fourth-order valence-corrected chi connectivity index (χ4v) is 1.44. The highest BCUT2D eigenvalue weighted by Crippen LogP contribution is 2.16. The molecule has 6 nitrogen and oxygen atoms in total. The van der Waals surface area contributed by atoms with Gasteiger partial charge in [0, 0.05) is 5.69 Å². The highest BCUT2D eigenvalue weighted by Gasteiger charge is 2.21. The van der Waals surface area contributed by atoms with Crippen molar-refractivity contribution in [2.24, 2.45) is 0 Å². The minimum atomic E-state index is -0.758. The van der Waals surface area contributed by atoms with Crippen molar-refractivity contribution in [1.29, 1.82) is 0 Å². The van der Waals surface area contributed by atoms with Gasteiger partial charge in [0.15, 0.2) is 11.4 Å². The summed E-state index contributed by atoms with van der Waals surface area (Å²) in [5.74, 6) is -0.532. The van der Waals surface area contributed by atoms with Gasteiger partial charge in [0.05, 0.1) is 6.61 Å². The van der Waals surface area contributed by atoms with Gasteiger partial charge in [-0.15, -0.1) is 0 Å². The first kappa shape index (κ1) is 12.0. The van der Waals surface area contributed by atoms with Crippen molar-refractivity contribution in [3.63, 3.8) is 0 Å². The van der Waals surface area contributed by atoms with E-state index in [9.17, 15) is 9.59 Å². The van der Waals surface area contributed by atoms with Crippen LogP contribution in [0.3, 0.4) is 0 Å². The fourth-order valence-electron chi connectivity index (χ4n) is 1.44. The van der Waals surface area contributed by atoms with Crippen molar-refractivity contribution in [2.45, 2.75) is 6.92 Å². The molecule has 0 saturated carbocycles. The summed E-state index contributed by atoms with van der Waals surface area (Å²) in [5.41, 5.74) is -0.201. The molecule has 0 bridgehead atoms. The molecule has 0 aliphatic rings. The van der Waals surface area contributed by atoms with Gasteiger partial charge in [-0.2, -0.15) is 0 Å². The van der Waals surface area contributed by atoms with E-state index in [1.807, 2.05) is 18.2 Å². The van der Waals surface area contributed by atoms with Gasteiger partial charge >= 0.3 is 11.6 Å². The fraction of sp³-hybridized carbons (Fsp3) is 0.167. The van der Waals surface area contributed by atoms with Gasteiger partial charge < -0.3 is 14.6 Å². The summed E-state index contributed by atoms with van der Waals surface area (Å²) in [6, 6.07) is 9.09. The van der Waals surface area contributed by atoms with Crippen LogP contribution in [0.2, 0.25) is 0 Å². The number of carbonyl (C=O) groups is 1. The largest absolute Gasteiger partial charge is 0.462 e. The molecule has 0 saturated heterocycles. The molecule has 18 heavy (non-hydrogen) atoms. The van der Waals surface area contributed by atoms with E-state index >= 15 is 0 Å². The molecular weight excluding hydrogens is 236 g/mol. The maximum Gasteiger partial charge on any atom is 0.374 e. The third kappa shape index (κ3) is 2.42. The molecule has 0 radical (unpaired) electrons. The van der Waals surface area contributed by atoms with Gasteiger partial charge in [-0.3, -0.25) is 0 Å². The molecule has 0 fully saturated rings. The second kappa shape index (κ2) is 5.22. The molecule has 0 aliphatic carbocycles. The molecule has 1 heterocycles. The summed E-state index contributed by atoms with van der Waals surface area (Å²) in [7, 11) is 0. The number of rotatable bonds is 4. The molecule has 0 atom stereocenters. The quantitative estimate of drug-likeness (QED) is 0.807. The van der Waals surface area contributed by atoms with Crippen LogP contribution in [-0.2, 0) is 4.74 Å². The van der Waals surface area contributed by atoms with Gasteiger partial charge in [0.2, 0.25) is 0 Å². The van der Waals surface area contributed by atoms with Gasteiger partial charge in [-0.25, -0.2) is 14.7 Å². The van der Waals surface area contributed by atoms with Crippen LogP contribution in [0.5, 0.6) is 0 Å². The number of hydrogen-bond donors (Lipinski definition) is 2. The standard InChI is InChI=1S/C12H12N2O4/c1-2-17-11(15)9-10(14-18-12(9)16)13-8-6-4-3-5-7-8/h3-7,13-14H,2H2,1H3. The van der Waals surface area contributed by atoms with Crippen molar-refractivity contribution in [3.8, 4) is 0 Å². The zero-order valence-corrected chi connectivity index (χ0v) is 9.73. The molecule has 1 aromatic heterocycles. The SMILES string of the molecule is CCOC(=O)c1c(Nc2ccccc2)[nH]oc1=O. The number of H-pyrrole nitrogens is 1. The van der Waals surface area contributed by atoms with E-state index < -0.39 is 11.6 Å². The number of benzene rings is 1. The smallest absolute Gasteiger partial charge is 0.374 e. The number of nitrogens with one attached hydrogen (secondary N) is 2. The minimum absolute atomic E-state index is 0.166. The molecule has 2 N–H and O–H groups in total. The maximum atomic E-state index is 11.6. The van der Waals surface area contributed by atoms with E-state index in [4.69, 9.17) is 4.74 Å². The highest BCUT2D eigenvalue weighted by atomic mass is 16.5. The monoisotopic (exact) mass is 248 g/mol. The van der Waals surface area contributed by atoms with Crippen molar-refractivity contribution in [2.75, 3.05) is 11.9 Å². The molecular formula is C12H12N2O4. The van der Waals surface area contributed by atoms with Gasteiger partial charge in [0.25, 0.3) is 0 Å². The summed E-state index contributed by atoms with van der Waals surface area (Å²) in [5, 5.41) is 5.24. The summed E-state index contributed by atoms with van der Waals surface area (Å²) in [4.78, 5) is 23.0. The summed E-state index contributed by atoms with van der Waals surface area (Å²) < 4.78 is 9.38. The molecule has 6 heteroatoms. The Balaban J connectivity index is 2.29. The number of ether oxygens (including phenoxy) is 1. The zero-order chi connectivity index (χ0) is 13.0. The van der Waals surface area contributed by atoms with Crippen molar-refractivity contribution < 1.29 is 14.1 Å². The number of anilines is 2. The molecule has 0 aliphatic heterocycles. The van der Waals surface area contributed by atoms with E-state index in [0.717, 1.165) is 5.69 Å². The lowest BCUT2D eigenvalue weighted by atomic mass is 10.3. The topological polar surface area (TPSA) is 84.3 Å². The number of carbonyl (C=O) groups excluding carboxylic acids is 1. The maximum absolute atomic E-state index is 11.6. The Labute approximate surface area is 103 Å². The first-order valence-corrected chi connectivity index (χ1v) is 5.43. The average molecular weight is 248 g/mol. The minimum Gasteiger partial charge on any atom is -0.462 e. The lowest BCUT2D eigenvalue weighted by Gasteiger charge is -2.04. The molecule has 2 aromatic rings. The van der Waals surface area contributed by atoms with Crippen LogP contribution in [0.4, 0.5) is 11.5 Å². The highest BCUT2D eigenvalue weighted by molar-refractivity contribution is 5.94. The lowest BCUT2D eigenvalue weighted by molar-refractivity contribution is 0.0524. The Morgan fingerprint density at radius 1 is 1.39 bits per heavy atom. The zero-order valence-electron chi connectivity index (χ0n) is 9.73. The molecule has 94 valence electrons. The van der Waals surface area contributed by atoms with Crippen LogP contribution >= 0.6 is 0 Å². The normalized spacial score (nSPS) is 10.1. The van der Waals surface area contributed by atoms with Crippen LogP contribution < -0.4 is 10.9 Å². The Bertz CT molecular complexity index is 586. The van der Waals surface area contributed by atoms with Gasteiger partial charge in [-0.1, -0.05) is 18.2 Å². The molecule has 2 rings (SSSR count). The third-order valence-electron chi connectivity index (χ3n) is 2.22. The van der Waals surface area contributed by atoms with Crippen LogP contribution in [0.1, 0.15) is 17.3 Å². The predicted molar refractivity (Wildman–Crippen MR) is 65.0 cm³/mol. The second-order valence-corrected chi connectivity index (χ2v) is 3.45. The second-order valence-electron chi connectivity index (χ2n) is 3.45. The Morgan fingerprint density at radius 3 is 2.78 bits per heavy atom. The first-order chi connectivity index (χ1) is 8.72. The Morgan fingerprint density at radius 2 is 2.11 bits per heavy atom.